The van der Waals surface area contributed by atoms with Crippen LogP contribution in [0.1, 0.15) is 0 Å². The fourth-order valence-corrected chi connectivity index (χ4v) is 1.62. The van der Waals surface area contributed by atoms with Gasteiger partial charge < -0.3 is 4.74 Å². The highest BCUT2D eigenvalue weighted by Gasteiger charge is 2.20. The van der Waals surface area contributed by atoms with Crippen LogP contribution < -0.4 is 0 Å². The maximum absolute atomic E-state index is 12.2. The molecule has 0 radical (unpaired) electrons. The van der Waals surface area contributed by atoms with E-state index in [1.165, 1.54) is 7.11 Å². The van der Waals surface area contributed by atoms with Crippen LogP contribution >= 0.6 is 11.8 Å². The molecule has 1 nitrogen and oxygen atoms in total. The van der Waals surface area contributed by atoms with Gasteiger partial charge in [-0.2, -0.15) is 0 Å². The van der Waals surface area contributed by atoms with Gasteiger partial charge in [0.2, 0.25) is 0 Å². The first-order valence-corrected chi connectivity index (χ1v) is 4.64. The van der Waals surface area contributed by atoms with Gasteiger partial charge in [-0.1, -0.05) is 30.0 Å². The fraction of sp³-hybridized carbons (Fsp3) is 0.333. The molecule has 0 aliphatic carbocycles. The Labute approximate surface area is 80.1 Å². The minimum absolute atomic E-state index is 0.787. The van der Waals surface area contributed by atoms with E-state index in [1.807, 2.05) is 6.07 Å². The summed E-state index contributed by atoms with van der Waals surface area (Å²) < 4.78 is 29.1. The molecule has 0 spiro atoms. The lowest BCUT2D eigenvalue weighted by Gasteiger charge is -2.12. The third-order valence-electron chi connectivity index (χ3n) is 1.43. The predicted octanol–water partition coefficient (Wildman–Crippen LogP) is 3.02. The molecule has 1 aromatic rings. The molecule has 1 atom stereocenters. The second-order valence-electron chi connectivity index (χ2n) is 2.37. The summed E-state index contributed by atoms with van der Waals surface area (Å²) in [7, 11) is 1.28. The summed E-state index contributed by atoms with van der Waals surface area (Å²) in [4.78, 5) is 0.787. The Morgan fingerprint density at radius 2 is 1.85 bits per heavy atom. The van der Waals surface area contributed by atoms with Gasteiger partial charge in [0.25, 0.3) is 6.43 Å². The number of halogens is 2. The van der Waals surface area contributed by atoms with Crippen molar-refractivity contribution in [1.82, 2.24) is 0 Å². The molecule has 0 saturated heterocycles. The van der Waals surface area contributed by atoms with Crippen LogP contribution in [0.15, 0.2) is 35.2 Å². The van der Waals surface area contributed by atoms with E-state index in [0.717, 1.165) is 16.7 Å². The first kappa shape index (κ1) is 10.5. The number of methoxy groups -OCH3 is 1. The molecule has 0 fully saturated rings. The van der Waals surface area contributed by atoms with E-state index in [-0.39, 0.29) is 0 Å². The number of ether oxygens (including phenoxy) is 1. The fourth-order valence-electron chi connectivity index (χ4n) is 0.836. The lowest BCUT2D eigenvalue weighted by atomic mass is 10.4. The lowest BCUT2D eigenvalue weighted by molar-refractivity contribution is 0.0200. The summed E-state index contributed by atoms with van der Waals surface area (Å²) in [6.07, 6.45) is -2.46. The molecule has 1 aromatic carbocycles. The van der Waals surface area contributed by atoms with Gasteiger partial charge >= 0.3 is 0 Å². The summed E-state index contributed by atoms with van der Waals surface area (Å²) >= 11 is 1.02. The lowest BCUT2D eigenvalue weighted by Crippen LogP contribution is -2.15. The van der Waals surface area contributed by atoms with Crippen molar-refractivity contribution in [1.29, 1.82) is 0 Å². The average Bonchev–Trinajstić information content (AvgIpc) is 2.15. The minimum atomic E-state index is -2.46. The van der Waals surface area contributed by atoms with Crippen molar-refractivity contribution in [3.63, 3.8) is 0 Å². The third kappa shape index (κ3) is 3.32. The zero-order chi connectivity index (χ0) is 9.68. The summed E-state index contributed by atoms with van der Waals surface area (Å²) in [5.41, 5.74) is -1.08. The highest BCUT2D eigenvalue weighted by molar-refractivity contribution is 7.99. The monoisotopic (exact) mass is 204 g/mol. The molecule has 4 heteroatoms. The van der Waals surface area contributed by atoms with Crippen LogP contribution in [0.3, 0.4) is 0 Å². The van der Waals surface area contributed by atoms with Crippen LogP contribution in [-0.2, 0) is 4.74 Å². The molecular formula is C9H10F2OS. The number of thioether (sulfide) groups is 1. The van der Waals surface area contributed by atoms with Gasteiger partial charge in [-0.25, -0.2) is 8.78 Å². The molecule has 13 heavy (non-hydrogen) atoms. The normalized spacial score (nSPS) is 13.2. The van der Waals surface area contributed by atoms with Crippen molar-refractivity contribution in [3.05, 3.63) is 30.3 Å². The molecule has 0 aromatic heterocycles. The molecule has 0 aliphatic heterocycles. The first-order valence-electron chi connectivity index (χ1n) is 3.76. The highest BCUT2D eigenvalue weighted by atomic mass is 32.2. The Bertz CT molecular complexity index is 241. The van der Waals surface area contributed by atoms with Gasteiger partial charge in [0.15, 0.2) is 5.44 Å². The van der Waals surface area contributed by atoms with Crippen molar-refractivity contribution in [2.24, 2.45) is 0 Å². The average molecular weight is 204 g/mol. The molecular weight excluding hydrogens is 194 g/mol. The van der Waals surface area contributed by atoms with Gasteiger partial charge in [-0.15, -0.1) is 0 Å². The summed E-state index contributed by atoms with van der Waals surface area (Å²) in [5, 5.41) is 0. The second-order valence-corrected chi connectivity index (χ2v) is 3.54. The molecule has 0 N–H and O–H groups in total. The van der Waals surface area contributed by atoms with E-state index in [1.54, 1.807) is 24.3 Å². The number of rotatable bonds is 4. The SMILES string of the molecule is COC(Sc1ccccc1)C(F)F. The van der Waals surface area contributed by atoms with Crippen LogP contribution in [0.4, 0.5) is 8.78 Å². The molecule has 0 aliphatic rings. The Morgan fingerprint density at radius 3 is 2.31 bits per heavy atom. The second kappa shape index (κ2) is 5.19. The Kier molecular flexibility index (Phi) is 4.18. The highest BCUT2D eigenvalue weighted by Crippen LogP contribution is 2.27. The van der Waals surface area contributed by atoms with E-state index < -0.39 is 11.9 Å². The summed E-state index contributed by atoms with van der Waals surface area (Å²) in [6, 6.07) is 9.01. The van der Waals surface area contributed by atoms with Gasteiger partial charge in [0, 0.05) is 12.0 Å². The van der Waals surface area contributed by atoms with E-state index in [4.69, 9.17) is 0 Å². The van der Waals surface area contributed by atoms with E-state index in [0.29, 0.717) is 0 Å². The standard InChI is InChI=1S/C9H10F2OS/c1-12-9(8(10)11)13-7-5-3-2-4-6-7/h2-6,8-9H,1H3. The smallest absolute Gasteiger partial charge is 0.273 e. The number of benzene rings is 1. The maximum atomic E-state index is 12.2. The molecule has 1 unspecified atom stereocenters. The molecule has 0 bridgehead atoms. The predicted molar refractivity (Wildman–Crippen MR) is 49.1 cm³/mol. The Balaban J connectivity index is 2.57. The minimum Gasteiger partial charge on any atom is -0.364 e. The van der Waals surface area contributed by atoms with Gasteiger partial charge in [-0.05, 0) is 12.1 Å². The van der Waals surface area contributed by atoms with Crippen molar-refractivity contribution in [2.45, 2.75) is 16.8 Å². The third-order valence-corrected chi connectivity index (χ3v) is 2.61. The molecule has 0 saturated carbocycles. The van der Waals surface area contributed by atoms with Crippen molar-refractivity contribution < 1.29 is 13.5 Å². The van der Waals surface area contributed by atoms with Crippen LogP contribution in [-0.4, -0.2) is 19.0 Å². The maximum Gasteiger partial charge on any atom is 0.273 e. The number of alkyl halides is 2. The Morgan fingerprint density at radius 1 is 1.23 bits per heavy atom. The van der Waals surface area contributed by atoms with Gasteiger partial charge in [0.05, 0.1) is 0 Å². The van der Waals surface area contributed by atoms with Crippen molar-refractivity contribution in [3.8, 4) is 0 Å². The Hall–Kier alpha value is -0.610. The molecule has 1 rings (SSSR count). The molecule has 0 heterocycles. The quantitative estimate of drug-likeness (QED) is 0.550. The molecule has 0 amide bonds. The summed E-state index contributed by atoms with van der Waals surface area (Å²) in [6.45, 7) is 0. The number of hydrogen-bond acceptors (Lipinski definition) is 2. The van der Waals surface area contributed by atoms with Crippen molar-refractivity contribution in [2.75, 3.05) is 7.11 Å². The van der Waals surface area contributed by atoms with Gasteiger partial charge in [-0.3, -0.25) is 0 Å². The first-order chi connectivity index (χ1) is 6.24. The van der Waals surface area contributed by atoms with Crippen LogP contribution in [0.5, 0.6) is 0 Å². The van der Waals surface area contributed by atoms with Crippen LogP contribution in [0.2, 0.25) is 0 Å². The topological polar surface area (TPSA) is 9.23 Å². The van der Waals surface area contributed by atoms with Crippen molar-refractivity contribution >= 4 is 11.8 Å². The zero-order valence-corrected chi connectivity index (χ0v) is 7.93. The zero-order valence-electron chi connectivity index (χ0n) is 7.11. The van der Waals surface area contributed by atoms with Crippen LogP contribution in [0, 0.1) is 0 Å². The molecule has 72 valence electrons. The van der Waals surface area contributed by atoms with E-state index in [9.17, 15) is 8.78 Å². The van der Waals surface area contributed by atoms with Crippen LogP contribution in [0.25, 0.3) is 0 Å². The largest absolute Gasteiger partial charge is 0.364 e. The number of hydrogen-bond donors (Lipinski definition) is 0. The summed E-state index contributed by atoms with van der Waals surface area (Å²) in [5.74, 6) is 0. The van der Waals surface area contributed by atoms with Gasteiger partial charge in [0.1, 0.15) is 0 Å². The van der Waals surface area contributed by atoms with E-state index in [2.05, 4.69) is 4.74 Å². The van der Waals surface area contributed by atoms with E-state index >= 15 is 0 Å².